The van der Waals surface area contributed by atoms with Crippen molar-refractivity contribution in [3.05, 3.63) is 46.0 Å². The van der Waals surface area contributed by atoms with E-state index in [1.807, 2.05) is 0 Å². The van der Waals surface area contributed by atoms with Crippen molar-refractivity contribution in [2.24, 2.45) is 0 Å². The number of hydrogen-bond acceptors (Lipinski definition) is 8. The van der Waals surface area contributed by atoms with Crippen molar-refractivity contribution in [1.82, 2.24) is 0 Å². The van der Waals surface area contributed by atoms with E-state index in [-0.39, 0.29) is 28.4 Å². The zero-order valence-electron chi connectivity index (χ0n) is 11.9. The molecule has 0 radical (unpaired) electrons. The van der Waals surface area contributed by atoms with Crippen molar-refractivity contribution < 1.29 is 30.1 Å². The minimum Gasteiger partial charge on any atom is -0.508 e. The Bertz CT molecular complexity index is 736. The first kappa shape index (κ1) is 17.6. The van der Waals surface area contributed by atoms with Crippen molar-refractivity contribution >= 4 is 17.2 Å². The minimum atomic E-state index is -0.574. The van der Waals surface area contributed by atoms with E-state index in [2.05, 4.69) is 0 Å². The summed E-state index contributed by atoms with van der Waals surface area (Å²) in [7, 11) is 0. The second-order valence-corrected chi connectivity index (χ2v) is 4.42. The van der Waals surface area contributed by atoms with Crippen LogP contribution in [0.4, 0.5) is 11.4 Å². The van der Waals surface area contributed by atoms with Crippen molar-refractivity contribution in [1.29, 1.82) is 0 Å². The number of nitrogen functional groups attached to an aromatic ring is 1. The van der Waals surface area contributed by atoms with E-state index in [0.717, 1.165) is 18.2 Å². The molecule has 0 atom stereocenters. The summed E-state index contributed by atoms with van der Waals surface area (Å²) in [6.07, 6.45) is 0. The molecule has 0 aliphatic rings. The number of nitro benzene ring substituents is 1. The van der Waals surface area contributed by atoms with Gasteiger partial charge in [-0.15, -0.1) is 0 Å². The third-order valence-electron chi connectivity index (χ3n) is 2.66. The normalized spacial score (nSPS) is 9.61. The summed E-state index contributed by atoms with van der Waals surface area (Å²) in [6.45, 7) is 1.21. The molecule has 2 rings (SSSR count). The number of phenols is 4. The van der Waals surface area contributed by atoms with Gasteiger partial charge in [-0.3, -0.25) is 14.9 Å². The predicted octanol–water partition coefficient (Wildman–Crippen LogP) is 1.89. The number of phenolic OH excluding ortho intramolecular Hbond substituents is 4. The highest BCUT2D eigenvalue weighted by molar-refractivity contribution is 5.99. The molecule has 9 nitrogen and oxygen atoms in total. The maximum atomic E-state index is 10.8. The SMILES string of the molecule is CC(=O)c1c(O)cc(O)cc1O.Nc1cc([N+](=O)[O-])ccc1O. The topological polar surface area (TPSA) is 167 Å². The lowest BCUT2D eigenvalue weighted by Crippen LogP contribution is -1.92. The number of carbonyl (C=O) groups excluding carboxylic acids is 1. The molecule has 0 saturated carbocycles. The van der Waals surface area contributed by atoms with Crippen molar-refractivity contribution in [2.45, 2.75) is 6.92 Å². The second kappa shape index (κ2) is 6.98. The maximum Gasteiger partial charge on any atom is 0.271 e. The summed E-state index contributed by atoms with van der Waals surface area (Å²) in [5.41, 5.74) is 4.92. The average Bonchev–Trinajstić information content (AvgIpc) is 2.40. The third-order valence-corrected chi connectivity index (χ3v) is 2.66. The van der Waals surface area contributed by atoms with Crippen LogP contribution in [-0.4, -0.2) is 31.1 Å². The molecule has 0 saturated heterocycles. The van der Waals surface area contributed by atoms with Gasteiger partial charge in [0.25, 0.3) is 5.69 Å². The molecule has 9 heteroatoms. The molecule has 2 aromatic carbocycles. The Morgan fingerprint density at radius 1 is 1.04 bits per heavy atom. The van der Waals surface area contributed by atoms with E-state index in [1.165, 1.54) is 19.1 Å². The number of ketones is 1. The molecule has 0 spiro atoms. The van der Waals surface area contributed by atoms with Gasteiger partial charge in [0.1, 0.15) is 28.6 Å². The number of non-ortho nitro benzene ring substituents is 1. The molecular formula is C14H14N2O7. The van der Waals surface area contributed by atoms with Crippen LogP contribution in [0, 0.1) is 10.1 Å². The molecule has 0 heterocycles. The van der Waals surface area contributed by atoms with E-state index in [4.69, 9.17) is 26.2 Å². The lowest BCUT2D eigenvalue weighted by molar-refractivity contribution is -0.384. The van der Waals surface area contributed by atoms with Crippen molar-refractivity contribution in [3.63, 3.8) is 0 Å². The number of benzene rings is 2. The zero-order valence-corrected chi connectivity index (χ0v) is 11.9. The number of rotatable bonds is 2. The number of hydrogen-bond donors (Lipinski definition) is 5. The molecule has 0 amide bonds. The molecule has 0 aromatic heterocycles. The lowest BCUT2D eigenvalue weighted by atomic mass is 10.1. The Kier molecular flexibility index (Phi) is 5.33. The third kappa shape index (κ3) is 4.49. The van der Waals surface area contributed by atoms with Gasteiger partial charge in [0.05, 0.1) is 10.6 Å². The van der Waals surface area contributed by atoms with Crippen LogP contribution in [0.2, 0.25) is 0 Å². The van der Waals surface area contributed by atoms with Crippen LogP contribution in [0.25, 0.3) is 0 Å². The van der Waals surface area contributed by atoms with Crippen LogP contribution in [-0.2, 0) is 0 Å². The monoisotopic (exact) mass is 322 g/mol. The fourth-order valence-corrected chi connectivity index (χ4v) is 1.61. The lowest BCUT2D eigenvalue weighted by Gasteiger charge is -2.03. The largest absolute Gasteiger partial charge is 0.508 e. The van der Waals surface area contributed by atoms with Crippen LogP contribution >= 0.6 is 0 Å². The summed E-state index contributed by atoms with van der Waals surface area (Å²) in [6, 6.07) is 5.47. The minimum absolute atomic E-state index is 0.0131. The van der Waals surface area contributed by atoms with Crippen molar-refractivity contribution in [3.8, 4) is 23.0 Å². The molecule has 0 fully saturated rings. The molecule has 122 valence electrons. The van der Waals surface area contributed by atoms with Gasteiger partial charge >= 0.3 is 0 Å². The Labute approximate surface area is 130 Å². The van der Waals surface area contributed by atoms with E-state index < -0.39 is 22.2 Å². The van der Waals surface area contributed by atoms with Gasteiger partial charge in [-0.1, -0.05) is 0 Å². The fraction of sp³-hybridized carbons (Fsp3) is 0.0714. The first-order valence-electron chi connectivity index (χ1n) is 6.12. The van der Waals surface area contributed by atoms with Crippen LogP contribution in [0.5, 0.6) is 23.0 Å². The number of Topliss-reactive ketones (excluding diaryl/α,β-unsaturated/α-hetero) is 1. The smallest absolute Gasteiger partial charge is 0.271 e. The summed E-state index contributed by atoms with van der Waals surface area (Å²) >= 11 is 0. The van der Waals surface area contributed by atoms with Crippen LogP contribution in [0.3, 0.4) is 0 Å². The fourth-order valence-electron chi connectivity index (χ4n) is 1.61. The van der Waals surface area contributed by atoms with Gasteiger partial charge in [-0.05, 0) is 13.0 Å². The Morgan fingerprint density at radius 2 is 1.57 bits per heavy atom. The van der Waals surface area contributed by atoms with E-state index in [9.17, 15) is 14.9 Å². The maximum absolute atomic E-state index is 10.8. The Balaban J connectivity index is 0.000000231. The molecule has 0 unspecified atom stereocenters. The molecule has 6 N–H and O–H groups in total. The highest BCUT2D eigenvalue weighted by Crippen LogP contribution is 2.31. The molecular weight excluding hydrogens is 308 g/mol. The number of nitro groups is 1. The van der Waals surface area contributed by atoms with Crippen LogP contribution in [0.15, 0.2) is 30.3 Å². The van der Waals surface area contributed by atoms with Gasteiger partial charge in [0.2, 0.25) is 0 Å². The van der Waals surface area contributed by atoms with Gasteiger partial charge in [0, 0.05) is 24.3 Å². The first-order chi connectivity index (χ1) is 10.6. The number of carbonyl (C=O) groups is 1. The molecule has 2 aromatic rings. The molecule has 0 aliphatic carbocycles. The van der Waals surface area contributed by atoms with Crippen LogP contribution < -0.4 is 5.73 Å². The van der Waals surface area contributed by atoms with Gasteiger partial charge in [-0.2, -0.15) is 0 Å². The highest BCUT2D eigenvalue weighted by Gasteiger charge is 2.13. The van der Waals surface area contributed by atoms with E-state index in [0.29, 0.717) is 0 Å². The molecule has 0 bridgehead atoms. The number of anilines is 1. The Morgan fingerprint density at radius 3 is 1.96 bits per heavy atom. The summed E-state index contributed by atoms with van der Waals surface area (Å²) in [5.74, 6) is -1.71. The van der Waals surface area contributed by atoms with E-state index in [1.54, 1.807) is 0 Å². The van der Waals surface area contributed by atoms with E-state index >= 15 is 0 Å². The number of aromatic hydroxyl groups is 4. The number of nitrogens with two attached hydrogens (primary N) is 1. The second-order valence-electron chi connectivity index (χ2n) is 4.42. The summed E-state index contributed by atoms with van der Waals surface area (Å²) in [5, 5.41) is 46.1. The highest BCUT2D eigenvalue weighted by atomic mass is 16.6. The summed E-state index contributed by atoms with van der Waals surface area (Å²) < 4.78 is 0. The standard InChI is InChI=1S/C8H8O4.C6H6N2O3/c1-4(9)8-6(11)2-5(10)3-7(8)12;7-5-3-4(8(10)11)1-2-6(5)9/h2-3,10-12H,1H3;1-3,9H,7H2. The number of nitrogens with zero attached hydrogens (tertiary/aromatic N) is 1. The van der Waals surface area contributed by atoms with Gasteiger partial charge < -0.3 is 26.2 Å². The van der Waals surface area contributed by atoms with Gasteiger partial charge in [-0.25, -0.2) is 0 Å². The van der Waals surface area contributed by atoms with Crippen LogP contribution in [0.1, 0.15) is 17.3 Å². The molecule has 23 heavy (non-hydrogen) atoms. The predicted molar refractivity (Wildman–Crippen MR) is 80.6 cm³/mol. The van der Waals surface area contributed by atoms with Gasteiger partial charge in [0.15, 0.2) is 5.78 Å². The summed E-state index contributed by atoms with van der Waals surface area (Å²) in [4.78, 5) is 20.4. The quantitative estimate of drug-likeness (QED) is 0.184. The average molecular weight is 322 g/mol. The zero-order chi connectivity index (χ0) is 17.7. The Hall–Kier alpha value is -3.49. The van der Waals surface area contributed by atoms with Crippen molar-refractivity contribution in [2.75, 3.05) is 5.73 Å². The molecule has 0 aliphatic heterocycles. The first-order valence-corrected chi connectivity index (χ1v) is 6.12.